The first kappa shape index (κ1) is 21.2. The summed E-state index contributed by atoms with van der Waals surface area (Å²) in [6.07, 6.45) is 0. The Labute approximate surface area is 227 Å². The molecule has 0 bridgehead atoms. The maximum Gasteiger partial charge on any atom is 0.195 e. The maximum atomic E-state index is 12.1. The monoisotopic (exact) mass is 512 g/mol. The van der Waals surface area contributed by atoms with Crippen molar-refractivity contribution in [2.24, 2.45) is 0 Å². The van der Waals surface area contributed by atoms with E-state index in [4.69, 9.17) is 0 Å². The van der Waals surface area contributed by atoms with Crippen LogP contribution in [0.2, 0.25) is 0 Å². The van der Waals surface area contributed by atoms with Crippen LogP contribution >= 0.6 is 11.3 Å². The van der Waals surface area contributed by atoms with Gasteiger partial charge < -0.3 is 0 Å². The lowest BCUT2D eigenvalue weighted by Crippen LogP contribution is -1.99. The Morgan fingerprint density at radius 3 is 0.872 bits per heavy atom. The third-order valence-electron chi connectivity index (χ3n) is 8.37. The Balaban J connectivity index is 0.000000127. The first-order chi connectivity index (χ1) is 19.3. The first-order valence-electron chi connectivity index (χ1n) is 13.2. The van der Waals surface area contributed by atoms with Gasteiger partial charge in [-0.3, -0.25) is 4.79 Å². The van der Waals surface area contributed by atoms with Gasteiger partial charge in [-0.2, -0.15) is 0 Å². The van der Waals surface area contributed by atoms with Gasteiger partial charge in [-0.1, -0.05) is 97.1 Å². The zero-order valence-corrected chi connectivity index (χ0v) is 21.7. The fraction of sp³-hybridized carbons (Fsp3) is 0. The van der Waals surface area contributed by atoms with E-state index in [2.05, 4.69) is 72.8 Å². The summed E-state index contributed by atoms with van der Waals surface area (Å²) < 4.78 is 2.11. The lowest BCUT2D eigenvalue weighted by Gasteiger charge is -2.20. The van der Waals surface area contributed by atoms with Crippen molar-refractivity contribution in [2.75, 3.05) is 0 Å². The fourth-order valence-corrected chi connectivity index (χ4v) is 7.71. The summed E-state index contributed by atoms with van der Waals surface area (Å²) in [5, 5.41) is 18.4. The predicted octanol–water partition coefficient (Wildman–Crippen LogP) is 10.3. The highest BCUT2D eigenvalue weighted by atomic mass is 32.1. The molecule has 0 N–H and O–H groups in total. The van der Waals surface area contributed by atoms with Gasteiger partial charge in [0.05, 0.1) is 0 Å². The van der Waals surface area contributed by atoms with Crippen LogP contribution < -0.4 is 5.43 Å². The highest BCUT2D eigenvalue weighted by Crippen LogP contribution is 2.47. The second-order valence-corrected chi connectivity index (χ2v) is 11.5. The molecule has 0 saturated carbocycles. The lowest BCUT2D eigenvalue weighted by molar-refractivity contribution is 1.75. The van der Waals surface area contributed by atoms with Crippen molar-refractivity contribution < 1.29 is 0 Å². The number of fused-ring (bicyclic) bond motifs is 2. The van der Waals surface area contributed by atoms with Crippen molar-refractivity contribution in [3.05, 3.63) is 132 Å². The van der Waals surface area contributed by atoms with E-state index in [-0.39, 0.29) is 5.43 Å². The van der Waals surface area contributed by atoms with Crippen LogP contribution in [0.15, 0.2) is 126 Å². The van der Waals surface area contributed by atoms with E-state index in [1.807, 2.05) is 48.5 Å². The molecular formula is C37H20OS. The van der Waals surface area contributed by atoms with Crippen molar-refractivity contribution in [1.82, 2.24) is 0 Å². The van der Waals surface area contributed by atoms with Crippen molar-refractivity contribution in [1.29, 1.82) is 0 Å². The number of hydrogen-bond acceptors (Lipinski definition) is 2. The summed E-state index contributed by atoms with van der Waals surface area (Å²) in [5.41, 5.74) is 0.139. The van der Waals surface area contributed by atoms with E-state index < -0.39 is 0 Å². The normalized spacial score (nSPS) is 12.2. The summed E-state index contributed by atoms with van der Waals surface area (Å²) in [6.45, 7) is 0. The highest BCUT2D eigenvalue weighted by molar-refractivity contribution is 7.24. The van der Waals surface area contributed by atoms with Crippen LogP contribution in [0.25, 0.3) is 84.8 Å². The highest BCUT2D eigenvalue weighted by Gasteiger charge is 2.19. The van der Waals surface area contributed by atoms with Crippen LogP contribution in [0, 0.1) is 0 Å². The third-order valence-corrected chi connectivity index (χ3v) is 9.52. The second kappa shape index (κ2) is 7.63. The summed E-state index contributed by atoms with van der Waals surface area (Å²) in [6, 6.07) is 42.8. The standard InChI is InChI=1S/C24H12.C13H8OS/c1-2-14-5-6-16-9-11-18-12-10-17-8-7-15-4-3-13(1)19-20(14)22(16)24(18)23(17)21(15)19;14-13-9-5-1-3-7-11(9)15-12-8-4-2-6-10(12)13/h1-12H;1-8H. The number of rotatable bonds is 0. The van der Waals surface area contributed by atoms with Gasteiger partial charge >= 0.3 is 0 Å². The molecule has 0 radical (unpaired) electrons. The van der Waals surface area contributed by atoms with Crippen molar-refractivity contribution in [3.63, 3.8) is 0 Å². The predicted molar refractivity (Wildman–Crippen MR) is 171 cm³/mol. The molecule has 0 aliphatic heterocycles. The van der Waals surface area contributed by atoms with E-state index in [0.29, 0.717) is 0 Å². The molecule has 0 unspecified atom stereocenters. The summed E-state index contributed by atoms with van der Waals surface area (Å²) in [7, 11) is 0. The summed E-state index contributed by atoms with van der Waals surface area (Å²) in [4.78, 5) is 12.1. The Hall–Kier alpha value is -4.79. The van der Waals surface area contributed by atoms with Gasteiger partial charge in [0.1, 0.15) is 0 Å². The molecule has 0 spiro atoms. The third kappa shape index (κ3) is 2.81. The molecule has 10 rings (SSSR count). The Kier molecular flexibility index (Phi) is 4.14. The average Bonchev–Trinajstić information content (AvgIpc) is 3.00. The molecule has 1 nitrogen and oxygen atoms in total. The Morgan fingerprint density at radius 1 is 0.333 bits per heavy atom. The lowest BCUT2D eigenvalue weighted by atomic mass is 9.83. The molecule has 0 aliphatic rings. The molecule has 10 aromatic rings. The SMILES string of the molecule is O=c1c2ccccc2sc2ccccc12.c1cc2ccc3ccc4ccc5ccc6ccc1c1c2c3c4c5c61. The van der Waals surface area contributed by atoms with Gasteiger partial charge in [-0.05, 0) is 88.9 Å². The number of benzene rings is 9. The zero-order valence-electron chi connectivity index (χ0n) is 20.9. The van der Waals surface area contributed by atoms with Crippen molar-refractivity contribution >= 4 is 96.1 Å². The quantitative estimate of drug-likeness (QED) is 0.146. The van der Waals surface area contributed by atoms with E-state index in [9.17, 15) is 4.79 Å². The van der Waals surface area contributed by atoms with Gasteiger partial charge in [0, 0.05) is 20.2 Å². The van der Waals surface area contributed by atoms with Gasteiger partial charge in [0.15, 0.2) is 5.43 Å². The van der Waals surface area contributed by atoms with E-state index >= 15 is 0 Å². The van der Waals surface area contributed by atoms with Crippen molar-refractivity contribution in [2.45, 2.75) is 0 Å². The Morgan fingerprint density at radius 2 is 0.590 bits per heavy atom. The van der Waals surface area contributed by atoms with Gasteiger partial charge in [0.25, 0.3) is 0 Å². The zero-order chi connectivity index (χ0) is 25.7. The Bertz CT molecular complexity index is 2120. The minimum atomic E-state index is 0.139. The van der Waals surface area contributed by atoms with Gasteiger partial charge in [0.2, 0.25) is 0 Å². The molecule has 0 aliphatic carbocycles. The largest absolute Gasteiger partial charge is 0.289 e. The molecular weight excluding hydrogens is 492 g/mol. The number of hydrogen-bond donors (Lipinski definition) is 0. The molecule has 9 aromatic carbocycles. The molecule has 39 heavy (non-hydrogen) atoms. The molecule has 180 valence electrons. The average molecular weight is 513 g/mol. The van der Waals surface area contributed by atoms with E-state index in [1.165, 1.54) is 64.6 Å². The molecule has 0 atom stereocenters. The molecule has 1 heterocycles. The van der Waals surface area contributed by atoms with Crippen LogP contribution in [0.5, 0.6) is 0 Å². The second-order valence-electron chi connectivity index (χ2n) is 10.4. The van der Waals surface area contributed by atoms with Crippen LogP contribution in [0.4, 0.5) is 0 Å². The smallest absolute Gasteiger partial charge is 0.195 e. The van der Waals surface area contributed by atoms with Crippen LogP contribution in [-0.2, 0) is 0 Å². The van der Waals surface area contributed by atoms with Crippen LogP contribution in [-0.4, -0.2) is 0 Å². The maximum absolute atomic E-state index is 12.1. The van der Waals surface area contributed by atoms with Gasteiger partial charge in [-0.15, -0.1) is 11.3 Å². The van der Waals surface area contributed by atoms with E-state index in [1.54, 1.807) is 11.3 Å². The summed E-state index contributed by atoms with van der Waals surface area (Å²) in [5.74, 6) is 0. The van der Waals surface area contributed by atoms with Gasteiger partial charge in [-0.25, -0.2) is 0 Å². The molecule has 0 amide bonds. The minimum Gasteiger partial charge on any atom is -0.289 e. The summed E-state index contributed by atoms with van der Waals surface area (Å²) >= 11 is 1.67. The van der Waals surface area contributed by atoms with Crippen LogP contribution in [0.3, 0.4) is 0 Å². The van der Waals surface area contributed by atoms with E-state index in [0.717, 1.165) is 20.2 Å². The molecule has 0 fully saturated rings. The molecule has 1 aromatic heterocycles. The van der Waals surface area contributed by atoms with Crippen molar-refractivity contribution in [3.8, 4) is 0 Å². The minimum absolute atomic E-state index is 0.139. The fourth-order valence-electron chi connectivity index (χ4n) is 6.64. The molecule has 0 saturated heterocycles. The topological polar surface area (TPSA) is 17.1 Å². The molecule has 2 heteroatoms. The first-order valence-corrected chi connectivity index (χ1v) is 14.0. The van der Waals surface area contributed by atoms with Crippen LogP contribution in [0.1, 0.15) is 0 Å².